The van der Waals surface area contributed by atoms with Crippen molar-refractivity contribution in [2.24, 2.45) is 0 Å². The molecule has 4 aromatic rings. The summed E-state index contributed by atoms with van der Waals surface area (Å²) in [5.41, 5.74) is 11.0. The lowest BCUT2D eigenvalue weighted by atomic mass is 9.99. The summed E-state index contributed by atoms with van der Waals surface area (Å²) in [6, 6.07) is 21.9. The monoisotopic (exact) mass is 336 g/mol. The van der Waals surface area contributed by atoms with Gasteiger partial charge in [0.05, 0.1) is 10.2 Å². The fourth-order valence-electron chi connectivity index (χ4n) is 2.60. The Bertz CT molecular complexity index is 957. The van der Waals surface area contributed by atoms with E-state index in [1.807, 2.05) is 60.7 Å². The molecule has 1 aromatic heterocycles. The lowest BCUT2D eigenvalue weighted by molar-refractivity contribution is 1.47. The highest BCUT2D eigenvalue weighted by atomic mass is 35.5. The molecule has 1 heterocycles. The second kappa shape index (κ2) is 5.69. The van der Waals surface area contributed by atoms with Crippen LogP contribution in [0.2, 0.25) is 5.02 Å². The topological polar surface area (TPSA) is 38.9 Å². The smallest absolute Gasteiger partial charge is 0.125 e. The molecule has 2 nitrogen and oxygen atoms in total. The van der Waals surface area contributed by atoms with Crippen LogP contribution in [0.25, 0.3) is 31.9 Å². The average molecular weight is 337 g/mol. The molecule has 0 unspecified atom stereocenters. The Morgan fingerprint density at radius 3 is 2.43 bits per heavy atom. The molecular weight excluding hydrogens is 324 g/mol. The first-order valence-electron chi connectivity index (χ1n) is 7.22. The minimum absolute atomic E-state index is 0.721. The van der Waals surface area contributed by atoms with Crippen LogP contribution in [-0.2, 0) is 0 Å². The van der Waals surface area contributed by atoms with Gasteiger partial charge in [0.2, 0.25) is 0 Å². The number of aromatic nitrogens is 1. The fourth-order valence-corrected chi connectivity index (χ4v) is 3.74. The van der Waals surface area contributed by atoms with Crippen molar-refractivity contribution in [3.63, 3.8) is 0 Å². The molecule has 3 aromatic carbocycles. The number of fused-ring (bicyclic) bond motifs is 1. The van der Waals surface area contributed by atoms with Gasteiger partial charge >= 0.3 is 0 Å². The number of nitrogens with zero attached hydrogens (tertiary/aromatic N) is 1. The van der Waals surface area contributed by atoms with Crippen molar-refractivity contribution < 1.29 is 0 Å². The first-order chi connectivity index (χ1) is 11.2. The zero-order chi connectivity index (χ0) is 15.8. The van der Waals surface area contributed by atoms with Crippen LogP contribution in [0, 0.1) is 0 Å². The van der Waals surface area contributed by atoms with Gasteiger partial charge in [0, 0.05) is 16.3 Å². The van der Waals surface area contributed by atoms with E-state index in [0.717, 1.165) is 37.9 Å². The van der Waals surface area contributed by atoms with Crippen LogP contribution < -0.4 is 5.73 Å². The summed E-state index contributed by atoms with van der Waals surface area (Å²) < 4.78 is 1.18. The van der Waals surface area contributed by atoms with E-state index in [4.69, 9.17) is 22.3 Å². The summed E-state index contributed by atoms with van der Waals surface area (Å²) in [6.07, 6.45) is 0. The zero-order valence-corrected chi connectivity index (χ0v) is 13.7. The van der Waals surface area contributed by atoms with Crippen LogP contribution in [0.3, 0.4) is 0 Å². The highest BCUT2D eigenvalue weighted by Gasteiger charge is 2.12. The number of hydrogen-bond acceptors (Lipinski definition) is 3. The van der Waals surface area contributed by atoms with Gasteiger partial charge in [0.1, 0.15) is 5.01 Å². The number of para-hydroxylation sites is 1. The first-order valence-corrected chi connectivity index (χ1v) is 8.41. The Hall–Kier alpha value is -2.36. The van der Waals surface area contributed by atoms with Gasteiger partial charge < -0.3 is 5.73 Å². The summed E-state index contributed by atoms with van der Waals surface area (Å²) in [4.78, 5) is 4.77. The molecule has 0 aliphatic rings. The predicted octanol–water partition coefficient (Wildman–Crippen LogP) is 5.87. The quantitative estimate of drug-likeness (QED) is 0.465. The molecule has 0 aliphatic heterocycles. The number of nitrogen functional groups attached to an aromatic ring is 1. The van der Waals surface area contributed by atoms with Crippen molar-refractivity contribution in [1.82, 2.24) is 4.98 Å². The second-order valence-corrected chi connectivity index (χ2v) is 6.77. The molecular formula is C19H13ClN2S. The number of rotatable bonds is 2. The van der Waals surface area contributed by atoms with E-state index in [0.29, 0.717) is 0 Å². The van der Waals surface area contributed by atoms with Crippen molar-refractivity contribution in [1.29, 1.82) is 0 Å². The Morgan fingerprint density at radius 2 is 1.65 bits per heavy atom. The van der Waals surface area contributed by atoms with Crippen molar-refractivity contribution in [2.75, 3.05) is 5.73 Å². The van der Waals surface area contributed by atoms with Crippen molar-refractivity contribution in [3.05, 3.63) is 71.8 Å². The van der Waals surface area contributed by atoms with Crippen LogP contribution in [0.1, 0.15) is 0 Å². The normalized spacial score (nSPS) is 11.0. The molecule has 2 N–H and O–H groups in total. The van der Waals surface area contributed by atoms with Gasteiger partial charge in [-0.15, -0.1) is 11.3 Å². The number of thiazole rings is 1. The summed E-state index contributed by atoms with van der Waals surface area (Å²) in [5.74, 6) is 0. The zero-order valence-electron chi connectivity index (χ0n) is 12.2. The molecule has 0 amide bonds. The molecule has 0 saturated heterocycles. The molecule has 4 rings (SSSR count). The molecule has 23 heavy (non-hydrogen) atoms. The second-order valence-electron chi connectivity index (χ2n) is 5.30. The van der Waals surface area contributed by atoms with Crippen LogP contribution in [-0.4, -0.2) is 4.98 Å². The molecule has 0 spiro atoms. The van der Waals surface area contributed by atoms with E-state index in [-0.39, 0.29) is 0 Å². The molecule has 0 radical (unpaired) electrons. The molecule has 0 bridgehead atoms. The Labute approximate surface area is 143 Å². The van der Waals surface area contributed by atoms with E-state index >= 15 is 0 Å². The van der Waals surface area contributed by atoms with Gasteiger partial charge in [-0.05, 0) is 53.6 Å². The van der Waals surface area contributed by atoms with Crippen LogP contribution >= 0.6 is 22.9 Å². The van der Waals surface area contributed by atoms with E-state index < -0.39 is 0 Å². The minimum Gasteiger partial charge on any atom is -0.399 e. The van der Waals surface area contributed by atoms with E-state index in [9.17, 15) is 0 Å². The average Bonchev–Trinajstić information content (AvgIpc) is 2.99. The minimum atomic E-state index is 0.721. The summed E-state index contributed by atoms with van der Waals surface area (Å²) in [6.45, 7) is 0. The molecule has 0 atom stereocenters. The third-order valence-corrected chi connectivity index (χ3v) is 5.04. The van der Waals surface area contributed by atoms with Gasteiger partial charge in [-0.3, -0.25) is 0 Å². The van der Waals surface area contributed by atoms with Crippen LogP contribution in [0.15, 0.2) is 66.7 Å². The number of halogens is 1. The van der Waals surface area contributed by atoms with Crippen LogP contribution in [0.4, 0.5) is 5.69 Å². The van der Waals surface area contributed by atoms with Crippen LogP contribution in [0.5, 0.6) is 0 Å². The molecule has 0 saturated carbocycles. The first kappa shape index (κ1) is 14.2. The highest BCUT2D eigenvalue weighted by molar-refractivity contribution is 7.21. The van der Waals surface area contributed by atoms with E-state index in [2.05, 4.69) is 6.07 Å². The Kier molecular flexibility index (Phi) is 3.52. The summed E-state index contributed by atoms with van der Waals surface area (Å²) in [7, 11) is 0. The Morgan fingerprint density at radius 1 is 0.870 bits per heavy atom. The van der Waals surface area contributed by atoms with Gasteiger partial charge in [0.25, 0.3) is 0 Å². The third kappa shape index (κ3) is 2.69. The number of nitrogens with two attached hydrogens (primary N) is 1. The molecule has 0 aliphatic carbocycles. The summed E-state index contributed by atoms with van der Waals surface area (Å²) >= 11 is 7.70. The lowest BCUT2D eigenvalue weighted by Gasteiger charge is -2.09. The number of hydrogen-bond donors (Lipinski definition) is 1. The van der Waals surface area contributed by atoms with Gasteiger partial charge in [-0.1, -0.05) is 35.9 Å². The maximum absolute atomic E-state index is 6.01. The maximum Gasteiger partial charge on any atom is 0.125 e. The molecule has 0 fully saturated rings. The summed E-state index contributed by atoms with van der Waals surface area (Å²) in [5, 5.41) is 1.72. The SMILES string of the molecule is Nc1ccc(-c2nc3ccccc3s2)c(-c2ccc(Cl)cc2)c1. The predicted molar refractivity (Wildman–Crippen MR) is 99.9 cm³/mol. The van der Waals surface area contributed by atoms with E-state index in [1.54, 1.807) is 11.3 Å². The van der Waals surface area contributed by atoms with E-state index in [1.165, 1.54) is 4.70 Å². The largest absolute Gasteiger partial charge is 0.399 e. The van der Waals surface area contributed by atoms with Crippen molar-refractivity contribution in [2.45, 2.75) is 0 Å². The van der Waals surface area contributed by atoms with Gasteiger partial charge in [0.15, 0.2) is 0 Å². The van der Waals surface area contributed by atoms with Crippen molar-refractivity contribution >= 4 is 38.8 Å². The highest BCUT2D eigenvalue weighted by Crippen LogP contribution is 2.37. The third-order valence-electron chi connectivity index (χ3n) is 3.72. The van der Waals surface area contributed by atoms with Gasteiger partial charge in [-0.25, -0.2) is 4.98 Å². The lowest BCUT2D eigenvalue weighted by Crippen LogP contribution is -1.89. The van der Waals surface area contributed by atoms with Crippen molar-refractivity contribution in [3.8, 4) is 21.7 Å². The molecule has 112 valence electrons. The number of benzene rings is 3. The fraction of sp³-hybridized carbons (Fsp3) is 0. The van der Waals surface area contributed by atoms with Gasteiger partial charge in [-0.2, -0.15) is 0 Å². The maximum atomic E-state index is 6.01. The standard InChI is InChI=1S/C19H13ClN2S/c20-13-7-5-12(6-8-13)16-11-14(21)9-10-15(16)19-22-17-3-1-2-4-18(17)23-19/h1-11H,21H2. The number of anilines is 1. The Balaban J connectivity index is 1.93. The molecule has 4 heteroatoms.